The number of aliphatic hydroxyl groups is 1. The average molecular weight is 263 g/mol. The summed E-state index contributed by atoms with van der Waals surface area (Å²) < 4.78 is 0. The molecule has 102 valence electrons. The Bertz CT molecular complexity index is 236. The zero-order valence-corrected chi connectivity index (χ0v) is 12.0. The molecule has 0 bridgehead atoms. The highest BCUT2D eigenvalue weighted by molar-refractivity contribution is 7.99. The summed E-state index contributed by atoms with van der Waals surface area (Å²) >= 11 is 1.71. The van der Waals surface area contributed by atoms with Crippen molar-refractivity contribution in [1.82, 2.24) is 5.32 Å². The van der Waals surface area contributed by atoms with Crippen LogP contribution < -0.4 is 5.32 Å². The summed E-state index contributed by atoms with van der Waals surface area (Å²) in [6, 6.07) is 0.144. The Labute approximate surface area is 108 Å². The van der Waals surface area contributed by atoms with Gasteiger partial charge in [-0.1, -0.05) is 6.92 Å². The molecule has 0 aromatic carbocycles. The SMILES string of the molecule is CC(C)NC(C)(CC(C)SCCCO)C(=O)O. The maximum Gasteiger partial charge on any atom is 0.323 e. The number of carboxylic acid groups (broad SMARTS) is 1. The van der Waals surface area contributed by atoms with Crippen molar-refractivity contribution < 1.29 is 15.0 Å². The maximum absolute atomic E-state index is 11.3. The van der Waals surface area contributed by atoms with E-state index in [9.17, 15) is 9.90 Å². The van der Waals surface area contributed by atoms with E-state index in [2.05, 4.69) is 5.32 Å². The predicted octanol–water partition coefficient (Wildman–Crippen LogP) is 1.72. The lowest BCUT2D eigenvalue weighted by molar-refractivity contribution is -0.144. The molecule has 0 spiro atoms. The molecule has 2 unspecified atom stereocenters. The molecule has 0 aliphatic heterocycles. The molecule has 0 saturated carbocycles. The van der Waals surface area contributed by atoms with Crippen molar-refractivity contribution in [3.63, 3.8) is 0 Å². The molecule has 2 atom stereocenters. The van der Waals surface area contributed by atoms with Gasteiger partial charge in [-0.3, -0.25) is 10.1 Å². The summed E-state index contributed by atoms with van der Waals surface area (Å²) in [5, 5.41) is 21.4. The number of carboxylic acids is 1. The van der Waals surface area contributed by atoms with E-state index < -0.39 is 11.5 Å². The number of aliphatic carboxylic acids is 1. The van der Waals surface area contributed by atoms with Gasteiger partial charge in [-0.15, -0.1) is 0 Å². The van der Waals surface area contributed by atoms with Gasteiger partial charge in [-0.25, -0.2) is 0 Å². The van der Waals surface area contributed by atoms with Crippen LogP contribution in [0.4, 0.5) is 0 Å². The maximum atomic E-state index is 11.3. The Balaban J connectivity index is 4.28. The van der Waals surface area contributed by atoms with Gasteiger partial charge in [0, 0.05) is 17.9 Å². The first kappa shape index (κ1) is 16.7. The number of hydrogen-bond acceptors (Lipinski definition) is 4. The van der Waals surface area contributed by atoms with Crippen LogP contribution in [-0.4, -0.2) is 45.4 Å². The number of rotatable bonds is 9. The molecule has 5 heteroatoms. The Morgan fingerprint density at radius 3 is 2.41 bits per heavy atom. The molecular formula is C12H25NO3S. The Hall–Kier alpha value is -0.260. The standard InChI is InChI=1S/C12H25NO3S/c1-9(2)13-12(4,11(15)16)8-10(3)17-7-5-6-14/h9-10,13-14H,5-8H2,1-4H3,(H,15,16). The topological polar surface area (TPSA) is 69.6 Å². The first-order valence-corrected chi connectivity index (χ1v) is 7.10. The molecule has 0 rings (SSSR count). The third-order valence-corrected chi connectivity index (χ3v) is 3.74. The summed E-state index contributed by atoms with van der Waals surface area (Å²) in [4.78, 5) is 11.3. The molecule has 0 aromatic heterocycles. The van der Waals surface area contributed by atoms with E-state index in [4.69, 9.17) is 5.11 Å². The van der Waals surface area contributed by atoms with Crippen LogP contribution >= 0.6 is 11.8 Å². The van der Waals surface area contributed by atoms with Crippen molar-refractivity contribution in [2.45, 2.75) is 57.4 Å². The minimum absolute atomic E-state index is 0.144. The van der Waals surface area contributed by atoms with Crippen molar-refractivity contribution in [2.24, 2.45) is 0 Å². The summed E-state index contributed by atoms with van der Waals surface area (Å²) in [5.74, 6) is 0.0653. The lowest BCUT2D eigenvalue weighted by atomic mass is 9.95. The highest BCUT2D eigenvalue weighted by atomic mass is 32.2. The van der Waals surface area contributed by atoms with Crippen LogP contribution in [0, 0.1) is 0 Å². The summed E-state index contributed by atoms with van der Waals surface area (Å²) in [5.41, 5.74) is -0.875. The molecule has 0 amide bonds. The average Bonchev–Trinajstić information content (AvgIpc) is 2.16. The van der Waals surface area contributed by atoms with E-state index >= 15 is 0 Å². The van der Waals surface area contributed by atoms with Gasteiger partial charge in [0.2, 0.25) is 0 Å². The molecule has 3 N–H and O–H groups in total. The third-order valence-electron chi connectivity index (χ3n) is 2.48. The van der Waals surface area contributed by atoms with E-state index in [1.807, 2.05) is 20.8 Å². The van der Waals surface area contributed by atoms with Crippen LogP contribution in [0.2, 0.25) is 0 Å². The van der Waals surface area contributed by atoms with Crippen molar-refractivity contribution in [1.29, 1.82) is 0 Å². The third kappa shape index (κ3) is 6.91. The zero-order valence-electron chi connectivity index (χ0n) is 11.2. The lowest BCUT2D eigenvalue weighted by Gasteiger charge is -2.31. The highest BCUT2D eigenvalue weighted by Crippen LogP contribution is 2.23. The Morgan fingerprint density at radius 2 is 2.00 bits per heavy atom. The molecule has 4 nitrogen and oxygen atoms in total. The summed E-state index contributed by atoms with van der Waals surface area (Å²) in [6.07, 6.45) is 1.34. The highest BCUT2D eigenvalue weighted by Gasteiger charge is 2.34. The molecule has 0 radical (unpaired) electrons. The predicted molar refractivity (Wildman–Crippen MR) is 72.6 cm³/mol. The van der Waals surface area contributed by atoms with Gasteiger partial charge in [0.05, 0.1) is 0 Å². The fraction of sp³-hybridized carbons (Fsp3) is 0.917. The fourth-order valence-electron chi connectivity index (χ4n) is 1.83. The zero-order chi connectivity index (χ0) is 13.5. The first-order valence-electron chi connectivity index (χ1n) is 6.05. The second kappa shape index (κ2) is 7.95. The van der Waals surface area contributed by atoms with Crippen molar-refractivity contribution >= 4 is 17.7 Å². The minimum Gasteiger partial charge on any atom is -0.480 e. The smallest absolute Gasteiger partial charge is 0.323 e. The number of carbonyl (C=O) groups is 1. The molecule has 17 heavy (non-hydrogen) atoms. The largest absolute Gasteiger partial charge is 0.480 e. The Morgan fingerprint density at radius 1 is 1.41 bits per heavy atom. The molecule has 0 aliphatic carbocycles. The molecular weight excluding hydrogens is 238 g/mol. The summed E-state index contributed by atoms with van der Waals surface area (Å²) in [6.45, 7) is 7.86. The second-order valence-electron chi connectivity index (χ2n) is 4.90. The van der Waals surface area contributed by atoms with Gasteiger partial charge < -0.3 is 10.2 Å². The van der Waals surface area contributed by atoms with Gasteiger partial charge >= 0.3 is 5.97 Å². The summed E-state index contributed by atoms with van der Waals surface area (Å²) in [7, 11) is 0. The van der Waals surface area contributed by atoms with Crippen molar-refractivity contribution in [3.8, 4) is 0 Å². The molecule has 0 aromatic rings. The van der Waals surface area contributed by atoms with Gasteiger partial charge in [0.1, 0.15) is 5.54 Å². The van der Waals surface area contributed by atoms with Crippen LogP contribution in [0.1, 0.15) is 40.5 Å². The van der Waals surface area contributed by atoms with Crippen LogP contribution in [0.15, 0.2) is 0 Å². The van der Waals surface area contributed by atoms with E-state index in [0.717, 1.165) is 12.2 Å². The van der Waals surface area contributed by atoms with Crippen LogP contribution in [0.5, 0.6) is 0 Å². The van der Waals surface area contributed by atoms with Crippen LogP contribution in [-0.2, 0) is 4.79 Å². The normalized spacial score (nSPS) is 16.8. The van der Waals surface area contributed by atoms with Gasteiger partial charge in [-0.2, -0.15) is 11.8 Å². The second-order valence-corrected chi connectivity index (χ2v) is 6.45. The number of hydrogen-bond donors (Lipinski definition) is 3. The molecule has 0 saturated heterocycles. The minimum atomic E-state index is -0.875. The van der Waals surface area contributed by atoms with Crippen molar-refractivity contribution in [3.05, 3.63) is 0 Å². The molecule has 0 fully saturated rings. The van der Waals surface area contributed by atoms with E-state index in [1.165, 1.54) is 0 Å². The van der Waals surface area contributed by atoms with E-state index in [0.29, 0.717) is 6.42 Å². The lowest BCUT2D eigenvalue weighted by Crippen LogP contribution is -2.53. The van der Waals surface area contributed by atoms with E-state index in [-0.39, 0.29) is 17.9 Å². The monoisotopic (exact) mass is 263 g/mol. The van der Waals surface area contributed by atoms with Gasteiger partial charge in [0.25, 0.3) is 0 Å². The number of nitrogens with one attached hydrogen (secondary N) is 1. The van der Waals surface area contributed by atoms with Crippen molar-refractivity contribution in [2.75, 3.05) is 12.4 Å². The fourth-order valence-corrected chi connectivity index (χ4v) is 2.98. The number of aliphatic hydroxyl groups excluding tert-OH is 1. The van der Waals surface area contributed by atoms with Gasteiger partial charge in [0.15, 0.2) is 0 Å². The Kier molecular flexibility index (Phi) is 7.83. The first-order chi connectivity index (χ1) is 7.81. The quantitative estimate of drug-likeness (QED) is 0.553. The molecule has 0 heterocycles. The number of thioether (sulfide) groups is 1. The van der Waals surface area contributed by atoms with Gasteiger partial charge in [-0.05, 0) is 39.4 Å². The van der Waals surface area contributed by atoms with Crippen LogP contribution in [0.25, 0.3) is 0 Å². The molecule has 0 aliphatic rings. The van der Waals surface area contributed by atoms with Crippen LogP contribution in [0.3, 0.4) is 0 Å². The van der Waals surface area contributed by atoms with E-state index in [1.54, 1.807) is 18.7 Å².